The third-order valence-electron chi connectivity index (χ3n) is 4.09. The Kier molecular flexibility index (Phi) is 5.08. The van der Waals surface area contributed by atoms with Crippen molar-refractivity contribution in [2.24, 2.45) is 0 Å². The largest absolute Gasteiger partial charge is 0.490 e. The predicted molar refractivity (Wildman–Crippen MR) is 86.5 cm³/mol. The van der Waals surface area contributed by atoms with Gasteiger partial charge in [-0.15, -0.1) is 0 Å². The monoisotopic (exact) mass is 334 g/mol. The highest BCUT2D eigenvalue weighted by Crippen LogP contribution is 2.30. The normalized spacial score (nSPS) is 17.2. The van der Waals surface area contributed by atoms with E-state index in [4.69, 9.17) is 14.2 Å². The first-order chi connectivity index (χ1) is 11.7. The summed E-state index contributed by atoms with van der Waals surface area (Å²) in [6.45, 7) is 5.29. The van der Waals surface area contributed by atoms with E-state index in [2.05, 4.69) is 0 Å². The average molecular weight is 334 g/mol. The summed E-state index contributed by atoms with van der Waals surface area (Å²) in [5, 5.41) is 0. The maximum Gasteiger partial charge on any atom is 0.409 e. The van der Waals surface area contributed by atoms with E-state index in [0.717, 1.165) is 6.42 Å². The van der Waals surface area contributed by atoms with Crippen LogP contribution in [0, 0.1) is 0 Å². The highest BCUT2D eigenvalue weighted by atomic mass is 16.6. The number of rotatable bonds is 2. The summed E-state index contributed by atoms with van der Waals surface area (Å²) < 4.78 is 16.2. The topological polar surface area (TPSA) is 68.3 Å². The third kappa shape index (κ3) is 3.55. The van der Waals surface area contributed by atoms with Gasteiger partial charge in [-0.05, 0) is 25.1 Å². The summed E-state index contributed by atoms with van der Waals surface area (Å²) in [6.07, 6.45) is 0.508. The Balaban J connectivity index is 1.63. The summed E-state index contributed by atoms with van der Waals surface area (Å²) in [5.41, 5.74) is 0.573. The molecule has 7 nitrogen and oxygen atoms in total. The zero-order valence-corrected chi connectivity index (χ0v) is 13.8. The van der Waals surface area contributed by atoms with Gasteiger partial charge in [-0.3, -0.25) is 4.79 Å². The lowest BCUT2D eigenvalue weighted by Crippen LogP contribution is -2.50. The van der Waals surface area contributed by atoms with E-state index in [1.54, 1.807) is 34.9 Å². The molecule has 1 saturated heterocycles. The molecule has 7 heteroatoms. The van der Waals surface area contributed by atoms with Crippen LogP contribution < -0.4 is 9.47 Å². The van der Waals surface area contributed by atoms with E-state index in [-0.39, 0.29) is 12.0 Å². The second kappa shape index (κ2) is 7.42. The van der Waals surface area contributed by atoms with Crippen molar-refractivity contribution in [1.82, 2.24) is 9.80 Å². The van der Waals surface area contributed by atoms with Crippen LogP contribution in [0.1, 0.15) is 23.7 Å². The molecule has 0 spiro atoms. The molecule has 0 aliphatic carbocycles. The minimum atomic E-state index is -0.319. The molecule has 2 heterocycles. The SMILES string of the molecule is CCOC(=O)N1CCN(C(=O)c2ccc3c(c2)OCCCO3)CC1. The van der Waals surface area contributed by atoms with E-state index in [1.807, 2.05) is 0 Å². The number of fused-ring (bicyclic) bond motifs is 1. The van der Waals surface area contributed by atoms with Crippen LogP contribution in [0.5, 0.6) is 11.5 Å². The fraction of sp³-hybridized carbons (Fsp3) is 0.529. The summed E-state index contributed by atoms with van der Waals surface area (Å²) >= 11 is 0. The van der Waals surface area contributed by atoms with Crippen LogP contribution in [0.15, 0.2) is 18.2 Å². The quantitative estimate of drug-likeness (QED) is 0.824. The molecule has 0 radical (unpaired) electrons. The van der Waals surface area contributed by atoms with Gasteiger partial charge in [0.15, 0.2) is 11.5 Å². The average Bonchev–Trinajstić information content (AvgIpc) is 2.86. The molecule has 1 fully saturated rings. The van der Waals surface area contributed by atoms with E-state index >= 15 is 0 Å². The van der Waals surface area contributed by atoms with Crippen LogP contribution in [0.25, 0.3) is 0 Å². The summed E-state index contributed by atoms with van der Waals surface area (Å²) in [6, 6.07) is 5.27. The molecule has 2 aliphatic rings. The molecule has 130 valence electrons. The Labute approximate surface area is 141 Å². The number of carbonyl (C=O) groups is 2. The van der Waals surface area contributed by atoms with Crippen LogP contribution in [-0.4, -0.2) is 67.8 Å². The second-order valence-electron chi connectivity index (χ2n) is 5.69. The van der Waals surface area contributed by atoms with Crippen molar-refractivity contribution in [2.45, 2.75) is 13.3 Å². The van der Waals surface area contributed by atoms with E-state index in [1.165, 1.54) is 0 Å². The minimum Gasteiger partial charge on any atom is -0.490 e. The van der Waals surface area contributed by atoms with E-state index in [9.17, 15) is 9.59 Å². The van der Waals surface area contributed by atoms with Gasteiger partial charge < -0.3 is 24.0 Å². The van der Waals surface area contributed by atoms with Crippen molar-refractivity contribution < 1.29 is 23.8 Å². The smallest absolute Gasteiger partial charge is 0.409 e. The Morgan fingerprint density at radius 1 is 1.04 bits per heavy atom. The van der Waals surface area contributed by atoms with Gasteiger partial charge in [0.25, 0.3) is 5.91 Å². The molecule has 0 atom stereocenters. The molecular weight excluding hydrogens is 312 g/mol. The lowest BCUT2D eigenvalue weighted by Gasteiger charge is -2.34. The van der Waals surface area contributed by atoms with Crippen LogP contribution in [0.4, 0.5) is 4.79 Å². The molecule has 1 aromatic rings. The fourth-order valence-corrected chi connectivity index (χ4v) is 2.79. The van der Waals surface area contributed by atoms with Crippen molar-refractivity contribution in [1.29, 1.82) is 0 Å². The van der Waals surface area contributed by atoms with Gasteiger partial charge in [-0.2, -0.15) is 0 Å². The maximum atomic E-state index is 12.7. The van der Waals surface area contributed by atoms with Crippen molar-refractivity contribution in [3.8, 4) is 11.5 Å². The van der Waals surface area contributed by atoms with Crippen LogP contribution >= 0.6 is 0 Å². The maximum absolute atomic E-state index is 12.7. The first kappa shape index (κ1) is 16.4. The number of ether oxygens (including phenoxy) is 3. The van der Waals surface area contributed by atoms with Gasteiger partial charge in [-0.25, -0.2) is 4.79 Å². The highest BCUT2D eigenvalue weighted by Gasteiger charge is 2.26. The van der Waals surface area contributed by atoms with E-state index in [0.29, 0.717) is 63.1 Å². The summed E-state index contributed by atoms with van der Waals surface area (Å²) in [4.78, 5) is 27.7. The van der Waals surface area contributed by atoms with Crippen molar-refractivity contribution >= 4 is 12.0 Å². The fourth-order valence-electron chi connectivity index (χ4n) is 2.79. The van der Waals surface area contributed by atoms with Crippen LogP contribution in [0.2, 0.25) is 0 Å². The van der Waals surface area contributed by atoms with Crippen molar-refractivity contribution in [3.05, 3.63) is 23.8 Å². The Bertz CT molecular complexity index is 611. The molecule has 0 bridgehead atoms. The summed E-state index contributed by atoms with van der Waals surface area (Å²) in [7, 11) is 0. The number of amides is 2. The molecule has 3 rings (SSSR count). The molecule has 0 N–H and O–H groups in total. The lowest BCUT2D eigenvalue weighted by molar-refractivity contribution is 0.0570. The van der Waals surface area contributed by atoms with E-state index < -0.39 is 0 Å². The molecular formula is C17H22N2O5. The number of carbonyl (C=O) groups excluding carboxylic acids is 2. The minimum absolute atomic E-state index is 0.0610. The first-order valence-corrected chi connectivity index (χ1v) is 8.29. The summed E-state index contributed by atoms with van der Waals surface area (Å²) in [5.74, 6) is 1.23. The number of hydrogen-bond acceptors (Lipinski definition) is 5. The third-order valence-corrected chi connectivity index (χ3v) is 4.09. The highest BCUT2D eigenvalue weighted by molar-refractivity contribution is 5.95. The predicted octanol–water partition coefficient (Wildman–Crippen LogP) is 1.76. The Morgan fingerprint density at radius 2 is 1.71 bits per heavy atom. The van der Waals surface area contributed by atoms with Gasteiger partial charge in [0, 0.05) is 38.2 Å². The molecule has 2 aliphatic heterocycles. The van der Waals surface area contributed by atoms with Gasteiger partial charge in [0.2, 0.25) is 0 Å². The number of hydrogen-bond donors (Lipinski definition) is 0. The van der Waals surface area contributed by atoms with Gasteiger partial charge in [0.05, 0.1) is 19.8 Å². The Hall–Kier alpha value is -2.44. The second-order valence-corrected chi connectivity index (χ2v) is 5.69. The number of piperazine rings is 1. The molecule has 0 aromatic heterocycles. The number of benzene rings is 1. The molecule has 0 unspecified atom stereocenters. The molecule has 24 heavy (non-hydrogen) atoms. The molecule has 1 aromatic carbocycles. The van der Waals surface area contributed by atoms with Crippen LogP contribution in [-0.2, 0) is 4.74 Å². The Morgan fingerprint density at radius 3 is 2.42 bits per heavy atom. The molecule has 2 amide bonds. The zero-order chi connectivity index (χ0) is 16.9. The number of nitrogens with zero attached hydrogens (tertiary/aromatic N) is 2. The van der Waals surface area contributed by atoms with Crippen molar-refractivity contribution in [3.63, 3.8) is 0 Å². The van der Waals surface area contributed by atoms with Crippen molar-refractivity contribution in [2.75, 3.05) is 46.0 Å². The van der Waals surface area contributed by atoms with Crippen LogP contribution in [0.3, 0.4) is 0 Å². The lowest BCUT2D eigenvalue weighted by atomic mass is 10.1. The first-order valence-electron chi connectivity index (χ1n) is 8.29. The standard InChI is InChI=1S/C17H22N2O5/c1-2-22-17(21)19-8-6-18(7-9-19)16(20)13-4-5-14-15(12-13)24-11-3-10-23-14/h4-5,12H,2-3,6-11H2,1H3. The molecule has 0 saturated carbocycles. The zero-order valence-electron chi connectivity index (χ0n) is 13.8. The van der Waals surface area contributed by atoms with Gasteiger partial charge in [0.1, 0.15) is 0 Å². The van der Waals surface area contributed by atoms with Gasteiger partial charge >= 0.3 is 6.09 Å². The van der Waals surface area contributed by atoms with Gasteiger partial charge in [-0.1, -0.05) is 0 Å².